The van der Waals surface area contributed by atoms with Crippen molar-refractivity contribution in [1.29, 1.82) is 0 Å². The number of rotatable bonds is 5. The molecule has 2 heterocycles. The SMILES string of the molecule is COC1CN(CCN)CCC1NC(=O)c1cc(Cl)cc2c1OC(C)(C)C2.Cl.Cl. The molecule has 0 aliphatic carbocycles. The summed E-state index contributed by atoms with van der Waals surface area (Å²) in [5, 5.41) is 3.67. The number of likely N-dealkylation sites (tertiary alicyclic amines) is 1. The van der Waals surface area contributed by atoms with Gasteiger partial charge in [0.05, 0.1) is 17.7 Å². The zero-order valence-electron chi connectivity index (χ0n) is 16.5. The van der Waals surface area contributed by atoms with Gasteiger partial charge in [-0.05, 0) is 32.4 Å². The van der Waals surface area contributed by atoms with Crippen molar-refractivity contribution in [3.8, 4) is 5.75 Å². The fourth-order valence-corrected chi connectivity index (χ4v) is 4.10. The van der Waals surface area contributed by atoms with Gasteiger partial charge in [0.2, 0.25) is 0 Å². The highest BCUT2D eigenvalue weighted by atomic mass is 35.5. The Morgan fingerprint density at radius 1 is 1.43 bits per heavy atom. The number of hydrogen-bond acceptors (Lipinski definition) is 5. The molecule has 1 saturated heterocycles. The Labute approximate surface area is 184 Å². The third kappa shape index (κ3) is 5.65. The van der Waals surface area contributed by atoms with Crippen molar-refractivity contribution in [2.24, 2.45) is 5.73 Å². The molecule has 1 amide bonds. The summed E-state index contributed by atoms with van der Waals surface area (Å²) in [6, 6.07) is 3.51. The topological polar surface area (TPSA) is 76.8 Å². The summed E-state index contributed by atoms with van der Waals surface area (Å²) in [4.78, 5) is 15.2. The second kappa shape index (κ2) is 10.3. The highest BCUT2D eigenvalue weighted by molar-refractivity contribution is 6.31. The van der Waals surface area contributed by atoms with Crippen molar-refractivity contribution in [3.63, 3.8) is 0 Å². The zero-order valence-corrected chi connectivity index (χ0v) is 18.9. The van der Waals surface area contributed by atoms with E-state index in [9.17, 15) is 4.79 Å². The molecule has 6 nitrogen and oxygen atoms in total. The molecule has 0 radical (unpaired) electrons. The van der Waals surface area contributed by atoms with Crippen molar-refractivity contribution in [3.05, 3.63) is 28.3 Å². The minimum atomic E-state index is -0.329. The molecule has 0 aromatic heterocycles. The lowest BCUT2D eigenvalue weighted by Gasteiger charge is -2.38. The fraction of sp³-hybridized carbons (Fsp3) is 0.632. The zero-order chi connectivity index (χ0) is 18.9. The van der Waals surface area contributed by atoms with Gasteiger partial charge in [0.25, 0.3) is 5.91 Å². The van der Waals surface area contributed by atoms with Gasteiger partial charge in [-0.2, -0.15) is 0 Å². The molecule has 1 aromatic rings. The minimum absolute atomic E-state index is 0. The molecule has 0 bridgehead atoms. The van der Waals surface area contributed by atoms with Crippen LogP contribution in [0.1, 0.15) is 36.2 Å². The summed E-state index contributed by atoms with van der Waals surface area (Å²) in [7, 11) is 1.68. The summed E-state index contributed by atoms with van der Waals surface area (Å²) in [6.07, 6.45) is 1.49. The first-order chi connectivity index (χ1) is 12.3. The van der Waals surface area contributed by atoms with Crippen LogP contribution in [0.25, 0.3) is 0 Å². The lowest BCUT2D eigenvalue weighted by Crippen LogP contribution is -2.55. The first-order valence-electron chi connectivity index (χ1n) is 9.10. The Morgan fingerprint density at radius 2 is 2.14 bits per heavy atom. The van der Waals surface area contributed by atoms with E-state index >= 15 is 0 Å². The van der Waals surface area contributed by atoms with E-state index < -0.39 is 0 Å². The quantitative estimate of drug-likeness (QED) is 0.715. The maximum atomic E-state index is 13.0. The van der Waals surface area contributed by atoms with Gasteiger partial charge in [0, 0.05) is 50.3 Å². The van der Waals surface area contributed by atoms with Crippen molar-refractivity contribution < 1.29 is 14.3 Å². The van der Waals surface area contributed by atoms with Crippen LogP contribution in [0.15, 0.2) is 12.1 Å². The lowest BCUT2D eigenvalue weighted by atomic mass is 9.99. The summed E-state index contributed by atoms with van der Waals surface area (Å²) in [6.45, 7) is 7.13. The van der Waals surface area contributed by atoms with Crippen LogP contribution in [0.5, 0.6) is 5.75 Å². The molecule has 2 aliphatic rings. The molecule has 2 atom stereocenters. The molecule has 160 valence electrons. The molecule has 3 rings (SSSR count). The second-order valence-corrected chi connectivity index (χ2v) is 8.15. The Balaban J connectivity index is 0.00000196. The number of fused-ring (bicyclic) bond motifs is 1. The number of halogens is 3. The number of methoxy groups -OCH3 is 1. The molecule has 0 spiro atoms. The van der Waals surface area contributed by atoms with Crippen molar-refractivity contribution in [2.75, 3.05) is 33.3 Å². The Bertz CT molecular complexity index is 688. The van der Waals surface area contributed by atoms with Gasteiger partial charge in [-0.1, -0.05) is 11.6 Å². The molecule has 0 saturated carbocycles. The molecule has 9 heteroatoms. The smallest absolute Gasteiger partial charge is 0.255 e. The third-order valence-electron chi connectivity index (χ3n) is 5.08. The third-order valence-corrected chi connectivity index (χ3v) is 5.30. The van der Waals surface area contributed by atoms with Crippen molar-refractivity contribution >= 4 is 42.3 Å². The van der Waals surface area contributed by atoms with E-state index in [1.807, 2.05) is 19.9 Å². The number of nitrogens with two attached hydrogens (primary N) is 1. The number of nitrogens with one attached hydrogen (secondary N) is 1. The van der Waals surface area contributed by atoms with Crippen LogP contribution in [0.4, 0.5) is 0 Å². The molecular weight excluding hydrogens is 425 g/mol. The van der Waals surface area contributed by atoms with Crippen LogP contribution in [-0.2, 0) is 11.2 Å². The van der Waals surface area contributed by atoms with Crippen molar-refractivity contribution in [1.82, 2.24) is 10.2 Å². The first-order valence-corrected chi connectivity index (χ1v) is 9.48. The predicted octanol–water partition coefficient (Wildman–Crippen LogP) is 2.67. The largest absolute Gasteiger partial charge is 0.486 e. The number of ether oxygens (including phenoxy) is 2. The number of piperidine rings is 1. The molecule has 1 aromatic carbocycles. The maximum absolute atomic E-state index is 13.0. The van der Waals surface area contributed by atoms with Crippen LogP contribution >= 0.6 is 36.4 Å². The Kier molecular flexibility index (Phi) is 9.32. The summed E-state index contributed by atoms with van der Waals surface area (Å²) in [5.41, 5.74) is 6.80. The fourth-order valence-electron chi connectivity index (χ4n) is 3.86. The number of carbonyl (C=O) groups excluding carboxylic acids is 1. The van der Waals surface area contributed by atoms with Crippen LogP contribution in [0.2, 0.25) is 5.02 Å². The van der Waals surface area contributed by atoms with E-state index in [4.69, 9.17) is 26.8 Å². The monoisotopic (exact) mass is 453 g/mol. The van der Waals surface area contributed by atoms with E-state index in [2.05, 4.69) is 10.2 Å². The van der Waals surface area contributed by atoms with Gasteiger partial charge in [0.15, 0.2) is 0 Å². The number of nitrogens with zero attached hydrogens (tertiary/aromatic N) is 1. The van der Waals surface area contributed by atoms with E-state index in [-0.39, 0.29) is 48.5 Å². The van der Waals surface area contributed by atoms with E-state index in [0.29, 0.717) is 22.9 Å². The lowest BCUT2D eigenvalue weighted by molar-refractivity contribution is 0.00731. The van der Waals surface area contributed by atoms with Gasteiger partial charge in [-0.3, -0.25) is 9.69 Å². The normalized spacial score (nSPS) is 23.0. The van der Waals surface area contributed by atoms with Gasteiger partial charge in [-0.25, -0.2) is 0 Å². The molecule has 1 fully saturated rings. The number of amides is 1. The molecular formula is C19H30Cl3N3O3. The molecule has 2 unspecified atom stereocenters. The Morgan fingerprint density at radius 3 is 2.79 bits per heavy atom. The van der Waals surface area contributed by atoms with Crippen LogP contribution < -0.4 is 15.8 Å². The van der Waals surface area contributed by atoms with E-state index in [1.54, 1.807) is 13.2 Å². The highest BCUT2D eigenvalue weighted by Crippen LogP contribution is 2.39. The average Bonchev–Trinajstić information content (AvgIpc) is 2.89. The van der Waals surface area contributed by atoms with Gasteiger partial charge < -0.3 is 20.5 Å². The molecule has 3 N–H and O–H groups in total. The van der Waals surface area contributed by atoms with Gasteiger partial charge >= 0.3 is 0 Å². The van der Waals surface area contributed by atoms with Crippen LogP contribution in [0, 0.1) is 0 Å². The number of hydrogen-bond donors (Lipinski definition) is 2. The van der Waals surface area contributed by atoms with Crippen LogP contribution in [-0.4, -0.2) is 61.8 Å². The Hall–Kier alpha value is -0.760. The molecule has 2 aliphatic heterocycles. The van der Waals surface area contributed by atoms with E-state index in [1.165, 1.54) is 0 Å². The minimum Gasteiger partial charge on any atom is -0.486 e. The molecule has 28 heavy (non-hydrogen) atoms. The van der Waals surface area contributed by atoms with E-state index in [0.717, 1.165) is 38.0 Å². The van der Waals surface area contributed by atoms with Gasteiger partial charge in [-0.15, -0.1) is 24.8 Å². The predicted molar refractivity (Wildman–Crippen MR) is 117 cm³/mol. The summed E-state index contributed by atoms with van der Waals surface area (Å²) < 4.78 is 11.6. The number of carbonyl (C=O) groups is 1. The number of benzene rings is 1. The average molecular weight is 455 g/mol. The second-order valence-electron chi connectivity index (χ2n) is 7.71. The standard InChI is InChI=1S/C19H28ClN3O3.2ClH/c1-19(2)10-12-8-13(20)9-14(17(12)26-19)18(24)22-15-4-6-23(7-5-21)11-16(15)25-3;;/h8-9,15-16H,4-7,10-11,21H2,1-3H3,(H,22,24);2*1H. The van der Waals surface area contributed by atoms with Crippen molar-refractivity contribution in [2.45, 2.75) is 44.4 Å². The van der Waals surface area contributed by atoms with Gasteiger partial charge in [0.1, 0.15) is 11.4 Å². The summed E-state index contributed by atoms with van der Waals surface area (Å²) in [5.74, 6) is 0.479. The highest BCUT2D eigenvalue weighted by Gasteiger charge is 2.35. The first kappa shape index (κ1) is 25.3. The van der Waals surface area contributed by atoms with Crippen LogP contribution in [0.3, 0.4) is 0 Å². The maximum Gasteiger partial charge on any atom is 0.255 e. The summed E-state index contributed by atoms with van der Waals surface area (Å²) >= 11 is 6.24.